The van der Waals surface area contributed by atoms with Crippen molar-refractivity contribution in [1.82, 2.24) is 4.98 Å². The molecule has 4 nitrogen and oxygen atoms in total. The molecule has 1 rings (SSSR count). The summed E-state index contributed by atoms with van der Waals surface area (Å²) in [6, 6.07) is 3.56. The Morgan fingerprint density at radius 2 is 2.46 bits per heavy atom. The van der Waals surface area contributed by atoms with Gasteiger partial charge in [0, 0.05) is 24.5 Å². The standard InChI is InChI=1S/C9H15N3O/c1-2-8(13)6-12-7-3-4-11-9(10)5-7/h3-5,8,13H,2,6H2,1H3,(H3,10,11,12). The van der Waals surface area contributed by atoms with Crippen LogP contribution in [0.4, 0.5) is 11.5 Å². The third-order valence-electron chi connectivity index (χ3n) is 1.79. The Hall–Kier alpha value is -1.29. The van der Waals surface area contributed by atoms with Crippen molar-refractivity contribution in [3.8, 4) is 0 Å². The van der Waals surface area contributed by atoms with Crippen LogP contribution in [0.1, 0.15) is 13.3 Å². The second kappa shape index (κ2) is 4.67. The summed E-state index contributed by atoms with van der Waals surface area (Å²) < 4.78 is 0. The zero-order valence-corrected chi connectivity index (χ0v) is 7.70. The quantitative estimate of drug-likeness (QED) is 0.644. The maximum absolute atomic E-state index is 9.28. The first-order chi connectivity index (χ1) is 6.22. The number of aliphatic hydroxyl groups excluding tert-OH is 1. The maximum atomic E-state index is 9.28. The lowest BCUT2D eigenvalue weighted by Gasteiger charge is -2.10. The van der Waals surface area contributed by atoms with Gasteiger partial charge in [-0.1, -0.05) is 6.92 Å². The molecule has 0 saturated heterocycles. The number of hydrogen-bond acceptors (Lipinski definition) is 4. The highest BCUT2D eigenvalue weighted by Crippen LogP contribution is 2.08. The van der Waals surface area contributed by atoms with E-state index < -0.39 is 0 Å². The van der Waals surface area contributed by atoms with Gasteiger partial charge in [-0.3, -0.25) is 0 Å². The minimum atomic E-state index is -0.311. The van der Waals surface area contributed by atoms with Gasteiger partial charge in [0.2, 0.25) is 0 Å². The molecule has 0 saturated carbocycles. The number of nitrogens with two attached hydrogens (primary N) is 1. The molecule has 1 unspecified atom stereocenters. The summed E-state index contributed by atoms with van der Waals surface area (Å²) in [4.78, 5) is 3.86. The van der Waals surface area contributed by atoms with Crippen LogP contribution in [0.3, 0.4) is 0 Å². The summed E-state index contributed by atoms with van der Waals surface area (Å²) in [6.07, 6.45) is 2.07. The molecule has 1 aromatic heterocycles. The zero-order chi connectivity index (χ0) is 9.68. The van der Waals surface area contributed by atoms with Gasteiger partial charge in [0.25, 0.3) is 0 Å². The van der Waals surface area contributed by atoms with Crippen molar-refractivity contribution in [1.29, 1.82) is 0 Å². The lowest BCUT2D eigenvalue weighted by Crippen LogP contribution is -2.18. The van der Waals surface area contributed by atoms with Gasteiger partial charge in [-0.05, 0) is 12.5 Å². The summed E-state index contributed by atoms with van der Waals surface area (Å²) in [7, 11) is 0. The topological polar surface area (TPSA) is 71.2 Å². The fourth-order valence-electron chi connectivity index (χ4n) is 0.938. The van der Waals surface area contributed by atoms with Crippen LogP contribution in [0.2, 0.25) is 0 Å². The molecule has 0 amide bonds. The molecular formula is C9H15N3O. The monoisotopic (exact) mass is 181 g/mol. The Labute approximate surface area is 77.8 Å². The van der Waals surface area contributed by atoms with Crippen LogP contribution in [0.5, 0.6) is 0 Å². The van der Waals surface area contributed by atoms with Crippen LogP contribution in [-0.2, 0) is 0 Å². The van der Waals surface area contributed by atoms with Gasteiger partial charge in [-0.2, -0.15) is 0 Å². The lowest BCUT2D eigenvalue weighted by atomic mass is 10.2. The van der Waals surface area contributed by atoms with Gasteiger partial charge in [-0.25, -0.2) is 4.98 Å². The number of nitrogen functional groups attached to an aromatic ring is 1. The van der Waals surface area contributed by atoms with E-state index in [0.717, 1.165) is 12.1 Å². The Balaban J connectivity index is 2.45. The summed E-state index contributed by atoms with van der Waals surface area (Å²) in [5, 5.41) is 12.3. The van der Waals surface area contributed by atoms with E-state index in [0.29, 0.717) is 12.4 Å². The number of nitrogens with one attached hydrogen (secondary N) is 1. The molecule has 72 valence electrons. The Morgan fingerprint density at radius 1 is 1.69 bits per heavy atom. The van der Waals surface area contributed by atoms with E-state index in [1.165, 1.54) is 0 Å². The highest BCUT2D eigenvalue weighted by molar-refractivity contribution is 5.49. The average molecular weight is 181 g/mol. The van der Waals surface area contributed by atoms with Crippen LogP contribution < -0.4 is 11.1 Å². The molecule has 4 heteroatoms. The molecule has 13 heavy (non-hydrogen) atoms. The predicted octanol–water partition coefficient (Wildman–Crippen LogP) is 0.847. The number of rotatable bonds is 4. The van der Waals surface area contributed by atoms with Gasteiger partial charge in [0.05, 0.1) is 6.10 Å². The first-order valence-electron chi connectivity index (χ1n) is 4.36. The van der Waals surface area contributed by atoms with E-state index in [2.05, 4.69) is 10.3 Å². The summed E-state index contributed by atoms with van der Waals surface area (Å²) >= 11 is 0. The second-order valence-corrected chi connectivity index (χ2v) is 2.91. The van der Waals surface area contributed by atoms with Crippen LogP contribution in [0.15, 0.2) is 18.3 Å². The first kappa shape index (κ1) is 9.80. The van der Waals surface area contributed by atoms with Crippen LogP contribution in [-0.4, -0.2) is 22.7 Å². The van der Waals surface area contributed by atoms with Crippen molar-refractivity contribution in [3.05, 3.63) is 18.3 Å². The minimum Gasteiger partial charge on any atom is -0.391 e. The number of nitrogens with zero attached hydrogens (tertiary/aromatic N) is 1. The predicted molar refractivity (Wildman–Crippen MR) is 53.4 cm³/mol. The summed E-state index contributed by atoms with van der Waals surface area (Å²) in [5.74, 6) is 0.482. The Morgan fingerprint density at radius 3 is 3.08 bits per heavy atom. The average Bonchev–Trinajstić information content (AvgIpc) is 2.14. The third kappa shape index (κ3) is 3.29. The molecule has 0 aliphatic heterocycles. The van der Waals surface area contributed by atoms with E-state index in [4.69, 9.17) is 5.73 Å². The molecule has 0 aromatic carbocycles. The normalized spacial score (nSPS) is 12.5. The molecule has 0 aliphatic rings. The van der Waals surface area contributed by atoms with Gasteiger partial charge in [0.1, 0.15) is 5.82 Å². The van der Waals surface area contributed by atoms with Crippen LogP contribution in [0.25, 0.3) is 0 Å². The fraction of sp³-hybridized carbons (Fsp3) is 0.444. The van der Waals surface area contributed by atoms with Crippen molar-refractivity contribution in [2.45, 2.75) is 19.4 Å². The molecule has 0 spiro atoms. The fourth-order valence-corrected chi connectivity index (χ4v) is 0.938. The number of aliphatic hydroxyl groups is 1. The van der Waals surface area contributed by atoms with Gasteiger partial charge in [-0.15, -0.1) is 0 Å². The Bertz CT molecular complexity index is 265. The Kier molecular flexibility index (Phi) is 3.52. The van der Waals surface area contributed by atoms with Gasteiger partial charge < -0.3 is 16.2 Å². The lowest BCUT2D eigenvalue weighted by molar-refractivity contribution is 0.183. The van der Waals surface area contributed by atoms with E-state index >= 15 is 0 Å². The smallest absolute Gasteiger partial charge is 0.125 e. The molecule has 0 aliphatic carbocycles. The molecule has 1 aromatic rings. The summed E-state index contributed by atoms with van der Waals surface area (Å²) in [5.41, 5.74) is 6.37. The number of hydrogen-bond donors (Lipinski definition) is 3. The summed E-state index contributed by atoms with van der Waals surface area (Å²) in [6.45, 7) is 2.48. The molecule has 0 radical (unpaired) electrons. The zero-order valence-electron chi connectivity index (χ0n) is 7.70. The SMILES string of the molecule is CCC(O)CNc1ccnc(N)c1. The van der Waals surface area contributed by atoms with E-state index in [9.17, 15) is 5.11 Å². The van der Waals surface area contributed by atoms with E-state index in [1.807, 2.05) is 13.0 Å². The highest BCUT2D eigenvalue weighted by Gasteiger charge is 1.99. The molecule has 0 bridgehead atoms. The third-order valence-corrected chi connectivity index (χ3v) is 1.79. The number of anilines is 2. The van der Waals surface area contributed by atoms with Crippen molar-refractivity contribution in [2.24, 2.45) is 0 Å². The maximum Gasteiger partial charge on any atom is 0.125 e. The molecular weight excluding hydrogens is 166 g/mol. The van der Waals surface area contributed by atoms with Gasteiger partial charge >= 0.3 is 0 Å². The first-order valence-corrected chi connectivity index (χ1v) is 4.36. The minimum absolute atomic E-state index is 0.311. The molecule has 1 heterocycles. The van der Waals surface area contributed by atoms with Crippen molar-refractivity contribution >= 4 is 11.5 Å². The molecule has 0 fully saturated rings. The van der Waals surface area contributed by atoms with Crippen molar-refractivity contribution in [3.63, 3.8) is 0 Å². The van der Waals surface area contributed by atoms with Crippen molar-refractivity contribution in [2.75, 3.05) is 17.6 Å². The van der Waals surface area contributed by atoms with Gasteiger partial charge in [0.15, 0.2) is 0 Å². The molecule has 4 N–H and O–H groups in total. The van der Waals surface area contributed by atoms with Crippen LogP contribution >= 0.6 is 0 Å². The highest BCUT2D eigenvalue weighted by atomic mass is 16.3. The number of aromatic nitrogens is 1. The second-order valence-electron chi connectivity index (χ2n) is 2.91. The number of pyridine rings is 1. The molecule has 1 atom stereocenters. The largest absolute Gasteiger partial charge is 0.391 e. The van der Waals surface area contributed by atoms with Crippen LogP contribution in [0, 0.1) is 0 Å². The van der Waals surface area contributed by atoms with E-state index in [-0.39, 0.29) is 6.10 Å². The van der Waals surface area contributed by atoms with Crippen molar-refractivity contribution < 1.29 is 5.11 Å². The van der Waals surface area contributed by atoms with E-state index in [1.54, 1.807) is 12.3 Å².